The summed E-state index contributed by atoms with van der Waals surface area (Å²) in [5.74, 6) is 0. The monoisotopic (exact) mass is 345 g/mol. The van der Waals surface area contributed by atoms with Gasteiger partial charge in [0.05, 0.1) is 11.4 Å². The molecule has 0 bridgehead atoms. The molecule has 0 saturated carbocycles. The molecule has 1 aliphatic rings. The zero-order chi connectivity index (χ0) is 14.7. The quantitative estimate of drug-likeness (QED) is 0.908. The number of benzene rings is 2. The fourth-order valence-electron chi connectivity index (χ4n) is 2.73. The van der Waals surface area contributed by atoms with Crippen LogP contribution in [-0.2, 0) is 0 Å². The van der Waals surface area contributed by atoms with Crippen molar-refractivity contribution < 1.29 is 0 Å². The molecule has 2 aromatic carbocycles. The second-order valence-electron chi connectivity index (χ2n) is 5.33. The van der Waals surface area contributed by atoms with E-state index < -0.39 is 0 Å². The molecule has 0 aliphatic carbocycles. The first-order chi connectivity index (χ1) is 10.2. The van der Waals surface area contributed by atoms with Gasteiger partial charge in [0.25, 0.3) is 0 Å². The number of nitrogens with zero attached hydrogens (tertiary/aromatic N) is 2. The van der Waals surface area contributed by atoms with Crippen LogP contribution in [-0.4, -0.2) is 33.2 Å². The van der Waals surface area contributed by atoms with Crippen LogP contribution in [0.2, 0.25) is 0 Å². The van der Waals surface area contributed by atoms with Gasteiger partial charge in [0.1, 0.15) is 0 Å². The highest BCUT2D eigenvalue weighted by molar-refractivity contribution is 9.10. The fourth-order valence-corrected chi connectivity index (χ4v) is 3.13. The van der Waals surface area contributed by atoms with Gasteiger partial charge in [0, 0.05) is 43.4 Å². The summed E-state index contributed by atoms with van der Waals surface area (Å²) in [5.41, 5.74) is 3.82. The Morgan fingerprint density at radius 1 is 1.05 bits per heavy atom. The second-order valence-corrected chi connectivity index (χ2v) is 6.25. The topological polar surface area (TPSA) is 18.5 Å². The lowest BCUT2D eigenvalue weighted by Crippen LogP contribution is -2.41. The molecule has 0 fully saturated rings. The van der Waals surface area contributed by atoms with Crippen molar-refractivity contribution in [1.82, 2.24) is 0 Å². The summed E-state index contributed by atoms with van der Waals surface area (Å²) in [5, 5.41) is 3.49. The van der Waals surface area contributed by atoms with Gasteiger partial charge in [-0.15, -0.1) is 0 Å². The van der Waals surface area contributed by atoms with Gasteiger partial charge >= 0.3 is 0 Å². The number of hydrogen-bond donors (Lipinski definition) is 1. The van der Waals surface area contributed by atoms with E-state index in [1.54, 1.807) is 0 Å². The largest absolute Gasteiger partial charge is 0.383 e. The minimum Gasteiger partial charge on any atom is -0.383 e. The summed E-state index contributed by atoms with van der Waals surface area (Å²) in [7, 11) is 2.16. The van der Waals surface area contributed by atoms with E-state index in [0.717, 1.165) is 36.3 Å². The van der Waals surface area contributed by atoms with Crippen molar-refractivity contribution in [3.63, 3.8) is 0 Å². The average molecular weight is 346 g/mol. The van der Waals surface area contributed by atoms with E-state index in [9.17, 15) is 0 Å². The van der Waals surface area contributed by atoms with E-state index in [4.69, 9.17) is 0 Å². The maximum Gasteiger partial charge on any atom is 0.0605 e. The van der Waals surface area contributed by atoms with E-state index >= 15 is 0 Å². The third-order valence-electron chi connectivity index (χ3n) is 3.87. The predicted molar refractivity (Wildman–Crippen MR) is 94.6 cm³/mol. The molecular formula is C17H20BrN3. The van der Waals surface area contributed by atoms with Gasteiger partial charge in [-0.1, -0.05) is 34.1 Å². The SMILES string of the molecule is CN1CCN(CCNc2cccc(Br)c2)c2ccccc21. The lowest BCUT2D eigenvalue weighted by atomic mass is 10.2. The van der Waals surface area contributed by atoms with Crippen LogP contribution in [0.15, 0.2) is 53.0 Å². The van der Waals surface area contributed by atoms with Crippen molar-refractivity contribution in [1.29, 1.82) is 0 Å². The molecule has 1 N–H and O–H groups in total. The lowest BCUT2D eigenvalue weighted by molar-refractivity contribution is 0.741. The second kappa shape index (κ2) is 6.39. The summed E-state index contributed by atoms with van der Waals surface area (Å²) < 4.78 is 1.11. The smallest absolute Gasteiger partial charge is 0.0605 e. The number of hydrogen-bond acceptors (Lipinski definition) is 3. The molecule has 1 aliphatic heterocycles. The number of nitrogens with one attached hydrogen (secondary N) is 1. The highest BCUT2D eigenvalue weighted by atomic mass is 79.9. The molecular weight excluding hydrogens is 326 g/mol. The Bertz CT molecular complexity index is 614. The number of para-hydroxylation sites is 2. The highest BCUT2D eigenvalue weighted by Gasteiger charge is 2.18. The lowest BCUT2D eigenvalue weighted by Gasteiger charge is -2.37. The van der Waals surface area contributed by atoms with Crippen molar-refractivity contribution in [2.75, 3.05) is 48.3 Å². The van der Waals surface area contributed by atoms with Crippen LogP contribution in [0.25, 0.3) is 0 Å². The van der Waals surface area contributed by atoms with Crippen LogP contribution in [0.4, 0.5) is 17.1 Å². The Morgan fingerprint density at radius 3 is 2.67 bits per heavy atom. The van der Waals surface area contributed by atoms with Crippen molar-refractivity contribution in [3.05, 3.63) is 53.0 Å². The van der Waals surface area contributed by atoms with Crippen LogP contribution in [0.1, 0.15) is 0 Å². The minimum absolute atomic E-state index is 0.939. The zero-order valence-corrected chi connectivity index (χ0v) is 13.8. The van der Waals surface area contributed by atoms with Crippen molar-refractivity contribution in [3.8, 4) is 0 Å². The third kappa shape index (κ3) is 3.32. The molecule has 4 heteroatoms. The molecule has 3 rings (SSSR count). The van der Waals surface area contributed by atoms with Gasteiger partial charge in [-0.05, 0) is 30.3 Å². The summed E-state index contributed by atoms with van der Waals surface area (Å²) >= 11 is 3.50. The molecule has 3 nitrogen and oxygen atoms in total. The predicted octanol–water partition coefficient (Wildman–Crippen LogP) is 3.82. The molecule has 0 unspecified atom stereocenters. The third-order valence-corrected chi connectivity index (χ3v) is 4.37. The van der Waals surface area contributed by atoms with Gasteiger partial charge < -0.3 is 15.1 Å². The summed E-state index contributed by atoms with van der Waals surface area (Å²) in [6.45, 7) is 4.10. The molecule has 21 heavy (non-hydrogen) atoms. The van der Waals surface area contributed by atoms with Crippen LogP contribution < -0.4 is 15.1 Å². The van der Waals surface area contributed by atoms with Gasteiger partial charge in [-0.3, -0.25) is 0 Å². The van der Waals surface area contributed by atoms with Crippen LogP contribution >= 0.6 is 15.9 Å². The first-order valence-corrected chi connectivity index (χ1v) is 8.08. The minimum atomic E-state index is 0.939. The molecule has 0 amide bonds. The molecule has 1 heterocycles. The van der Waals surface area contributed by atoms with Crippen molar-refractivity contribution in [2.45, 2.75) is 0 Å². The Labute approximate surface area is 134 Å². The summed E-state index contributed by atoms with van der Waals surface area (Å²) in [4.78, 5) is 4.79. The van der Waals surface area contributed by atoms with Crippen LogP contribution in [0.3, 0.4) is 0 Å². The molecule has 110 valence electrons. The fraction of sp³-hybridized carbons (Fsp3) is 0.294. The van der Waals surface area contributed by atoms with E-state index in [0.29, 0.717) is 0 Å². The first kappa shape index (κ1) is 14.3. The molecule has 0 spiro atoms. The van der Waals surface area contributed by atoms with Gasteiger partial charge in [0.2, 0.25) is 0 Å². The zero-order valence-electron chi connectivity index (χ0n) is 12.2. The maximum atomic E-state index is 3.50. The van der Waals surface area contributed by atoms with Crippen molar-refractivity contribution in [2.24, 2.45) is 0 Å². The first-order valence-electron chi connectivity index (χ1n) is 7.28. The number of rotatable bonds is 4. The Hall–Kier alpha value is -1.68. The van der Waals surface area contributed by atoms with E-state index in [1.165, 1.54) is 11.4 Å². The number of halogens is 1. The normalized spacial score (nSPS) is 14.0. The average Bonchev–Trinajstić information content (AvgIpc) is 2.50. The molecule has 0 aromatic heterocycles. The number of fused-ring (bicyclic) bond motifs is 1. The van der Waals surface area contributed by atoms with Gasteiger partial charge in [-0.25, -0.2) is 0 Å². The highest BCUT2D eigenvalue weighted by Crippen LogP contribution is 2.31. The summed E-state index contributed by atoms with van der Waals surface area (Å²) in [6, 6.07) is 16.9. The van der Waals surface area contributed by atoms with E-state index in [2.05, 4.69) is 80.6 Å². The van der Waals surface area contributed by atoms with Gasteiger partial charge in [0.15, 0.2) is 0 Å². The number of anilines is 3. The van der Waals surface area contributed by atoms with E-state index in [-0.39, 0.29) is 0 Å². The van der Waals surface area contributed by atoms with Gasteiger partial charge in [-0.2, -0.15) is 0 Å². The van der Waals surface area contributed by atoms with E-state index in [1.807, 2.05) is 6.07 Å². The Balaban J connectivity index is 1.63. The summed E-state index contributed by atoms with van der Waals surface area (Å²) in [6.07, 6.45) is 0. The van der Waals surface area contributed by atoms with Crippen LogP contribution in [0, 0.1) is 0 Å². The molecule has 2 aromatic rings. The number of likely N-dealkylation sites (N-methyl/N-ethyl adjacent to an activating group) is 1. The molecule has 0 saturated heterocycles. The molecule has 0 atom stereocenters. The Morgan fingerprint density at radius 2 is 1.86 bits per heavy atom. The van der Waals surface area contributed by atoms with Crippen LogP contribution in [0.5, 0.6) is 0 Å². The van der Waals surface area contributed by atoms with Crippen molar-refractivity contribution >= 4 is 33.0 Å². The molecule has 0 radical (unpaired) electrons. The standard InChI is InChI=1S/C17H20BrN3/c1-20-11-12-21(17-8-3-2-7-16(17)20)10-9-19-15-6-4-5-14(18)13-15/h2-8,13,19H,9-12H2,1H3. The Kier molecular flexibility index (Phi) is 4.34. The maximum absolute atomic E-state index is 3.50.